The average Bonchev–Trinajstić information content (AvgIpc) is 3.06. The number of hydrogen-bond acceptors (Lipinski definition) is 3. The summed E-state index contributed by atoms with van der Waals surface area (Å²) in [5.41, 5.74) is 0. The van der Waals surface area contributed by atoms with Gasteiger partial charge in [0, 0.05) is 0 Å². The third kappa shape index (κ3) is 19.7. The summed E-state index contributed by atoms with van der Waals surface area (Å²) in [6, 6.07) is 0. The molecule has 0 aromatic heterocycles. The molecule has 0 atom stereocenters. The van der Waals surface area contributed by atoms with Crippen LogP contribution in [-0.4, -0.2) is 19.8 Å². The van der Waals surface area contributed by atoms with Crippen molar-refractivity contribution in [3.05, 3.63) is 55.0 Å². The Bertz CT molecular complexity index is 242. The minimum Gasteiger partial charge on any atom is -0.855 e. The van der Waals surface area contributed by atoms with E-state index < -0.39 is 0 Å². The van der Waals surface area contributed by atoms with Gasteiger partial charge in [-0.25, -0.2) is 0 Å². The molecule has 0 fully saturated rings. The van der Waals surface area contributed by atoms with E-state index in [-0.39, 0.29) is 46.0 Å². The molecule has 116 valence electrons. The van der Waals surface area contributed by atoms with Crippen LogP contribution in [0.3, 0.4) is 0 Å². The molecule has 0 aromatic rings. The maximum atomic E-state index is 8.93. The molecule has 0 unspecified atom stereocenters. The molecule has 2 aliphatic rings. The van der Waals surface area contributed by atoms with E-state index in [1.807, 2.05) is 0 Å². The minimum absolute atomic E-state index is 0. The van der Waals surface area contributed by atoms with Crippen LogP contribution in [0.4, 0.5) is 0 Å². The first-order valence-electron chi connectivity index (χ1n) is 6.99. The van der Waals surface area contributed by atoms with E-state index in [0.717, 1.165) is 0 Å². The summed E-state index contributed by atoms with van der Waals surface area (Å²) in [4.78, 5) is 0. The van der Waals surface area contributed by atoms with Gasteiger partial charge in [0.1, 0.15) is 0 Å². The maximum Gasteiger partial charge on any atom is 4.00 e. The summed E-state index contributed by atoms with van der Waals surface area (Å²) < 4.78 is 0. The molecule has 0 saturated carbocycles. The zero-order chi connectivity index (χ0) is 15.6. The van der Waals surface area contributed by atoms with Gasteiger partial charge in [-0.15, -0.1) is 56.0 Å². The van der Waals surface area contributed by atoms with Gasteiger partial charge >= 0.3 is 26.2 Å². The number of rotatable bonds is 2. The normalized spacial score (nSPS) is 14.4. The van der Waals surface area contributed by atoms with Crippen LogP contribution in [0, 0.1) is 18.3 Å². The topological polar surface area (TPSA) is 69.2 Å². The molecular formula is C17H26O3Zr. The van der Waals surface area contributed by atoms with E-state index in [4.69, 9.17) is 15.3 Å². The smallest absolute Gasteiger partial charge is 0.855 e. The first-order valence-corrected chi connectivity index (χ1v) is 6.99. The van der Waals surface area contributed by atoms with Gasteiger partial charge in [-0.3, -0.25) is 0 Å². The van der Waals surface area contributed by atoms with Crippen molar-refractivity contribution in [2.75, 3.05) is 19.8 Å². The molecule has 0 spiro atoms. The van der Waals surface area contributed by atoms with Crippen molar-refractivity contribution < 1.29 is 41.5 Å². The second-order valence-corrected chi connectivity index (χ2v) is 3.75. The van der Waals surface area contributed by atoms with Crippen LogP contribution in [0.5, 0.6) is 0 Å². The Kier molecular flexibility index (Phi) is 26.9. The van der Waals surface area contributed by atoms with Crippen molar-refractivity contribution in [2.45, 2.75) is 20.8 Å². The van der Waals surface area contributed by atoms with Gasteiger partial charge in [0.15, 0.2) is 0 Å². The standard InChI is InChI=1S/C11H11.3C2H5O.Zr/c1-2-6-10(5-1)9-11-7-3-4-8-11;3*1-2-3;/h1-11H;3*2H2,1H3;/q4*-1;+4. The van der Waals surface area contributed by atoms with Crippen LogP contribution in [0.15, 0.2) is 48.6 Å². The Hall–Kier alpha value is -0.277. The van der Waals surface area contributed by atoms with Gasteiger partial charge in [-0.1, -0.05) is 45.1 Å². The molecule has 0 heterocycles. The first-order chi connectivity index (χ1) is 9.69. The van der Waals surface area contributed by atoms with Gasteiger partial charge in [-0.05, 0) is 0 Å². The van der Waals surface area contributed by atoms with E-state index in [1.165, 1.54) is 0 Å². The molecule has 0 N–H and O–H groups in total. The number of allylic oxidation sites excluding steroid dienone is 8. The second-order valence-electron chi connectivity index (χ2n) is 3.75. The summed E-state index contributed by atoms with van der Waals surface area (Å²) in [7, 11) is 0. The van der Waals surface area contributed by atoms with Crippen molar-refractivity contribution in [2.24, 2.45) is 11.8 Å². The van der Waals surface area contributed by atoms with E-state index in [0.29, 0.717) is 11.8 Å². The van der Waals surface area contributed by atoms with Crippen LogP contribution in [0.25, 0.3) is 0 Å². The van der Waals surface area contributed by atoms with Crippen molar-refractivity contribution in [1.29, 1.82) is 0 Å². The van der Waals surface area contributed by atoms with Crippen LogP contribution in [-0.2, 0) is 26.2 Å². The predicted molar refractivity (Wildman–Crippen MR) is 79.5 cm³/mol. The summed E-state index contributed by atoms with van der Waals surface area (Å²) in [6.45, 7) is 4.71. The summed E-state index contributed by atoms with van der Waals surface area (Å²) >= 11 is 0. The fraction of sp³-hybridized carbons (Fsp3) is 0.471. The third-order valence-corrected chi connectivity index (χ3v) is 2.00. The van der Waals surface area contributed by atoms with Crippen molar-refractivity contribution in [3.8, 4) is 0 Å². The first kappa shape index (κ1) is 25.7. The summed E-state index contributed by atoms with van der Waals surface area (Å²) in [6.07, 6.45) is 19.6. The Morgan fingerprint density at radius 3 is 1.05 bits per heavy atom. The van der Waals surface area contributed by atoms with E-state index in [2.05, 4.69) is 55.0 Å². The fourth-order valence-electron chi connectivity index (χ4n) is 1.41. The van der Waals surface area contributed by atoms with Gasteiger partial charge in [0.2, 0.25) is 0 Å². The van der Waals surface area contributed by atoms with Gasteiger partial charge in [0.25, 0.3) is 0 Å². The van der Waals surface area contributed by atoms with Crippen LogP contribution < -0.4 is 15.3 Å². The molecule has 0 amide bonds. The number of hydrogen-bond donors (Lipinski definition) is 0. The van der Waals surface area contributed by atoms with Gasteiger partial charge in [-0.2, -0.15) is 0 Å². The largest absolute Gasteiger partial charge is 4.00 e. The molecule has 0 saturated heterocycles. The van der Waals surface area contributed by atoms with E-state index >= 15 is 0 Å². The molecule has 2 aliphatic carbocycles. The molecular weight excluding hydrogens is 343 g/mol. The maximum absolute atomic E-state index is 8.93. The summed E-state index contributed by atoms with van der Waals surface area (Å²) in [5.74, 6) is 1.10. The van der Waals surface area contributed by atoms with Crippen LogP contribution in [0.1, 0.15) is 20.8 Å². The predicted octanol–water partition coefficient (Wildman–Crippen LogP) is 0.772. The second kappa shape index (κ2) is 22.0. The van der Waals surface area contributed by atoms with Gasteiger partial charge < -0.3 is 21.7 Å². The molecule has 0 bridgehead atoms. The van der Waals surface area contributed by atoms with E-state index in [9.17, 15) is 0 Å². The fourth-order valence-corrected chi connectivity index (χ4v) is 1.41. The van der Waals surface area contributed by atoms with E-state index in [1.54, 1.807) is 20.8 Å². The van der Waals surface area contributed by atoms with Crippen molar-refractivity contribution in [3.63, 3.8) is 0 Å². The SMILES string of the molecule is C1=CC([CH-]C2C=CC=C2)C=C1.CC[O-].CC[O-].CC[O-].[Zr+4]. The molecule has 0 aliphatic heterocycles. The molecule has 0 aromatic carbocycles. The molecule has 4 heteroatoms. The third-order valence-electron chi connectivity index (χ3n) is 2.00. The van der Waals surface area contributed by atoms with Crippen LogP contribution >= 0.6 is 0 Å². The zero-order valence-corrected chi connectivity index (χ0v) is 15.7. The molecule has 0 radical (unpaired) electrons. The zero-order valence-electron chi connectivity index (χ0n) is 13.2. The Morgan fingerprint density at radius 1 is 0.667 bits per heavy atom. The Morgan fingerprint density at radius 2 is 0.857 bits per heavy atom. The molecule has 3 nitrogen and oxygen atoms in total. The Labute approximate surface area is 148 Å². The van der Waals surface area contributed by atoms with Gasteiger partial charge in [0.05, 0.1) is 0 Å². The van der Waals surface area contributed by atoms with Crippen molar-refractivity contribution >= 4 is 0 Å². The minimum atomic E-state index is 0. The average molecular weight is 370 g/mol. The summed E-state index contributed by atoms with van der Waals surface area (Å²) in [5, 5.41) is 26.8. The van der Waals surface area contributed by atoms with Crippen LogP contribution in [0.2, 0.25) is 0 Å². The van der Waals surface area contributed by atoms with Crippen molar-refractivity contribution in [1.82, 2.24) is 0 Å². The quantitative estimate of drug-likeness (QED) is 0.675. The molecule has 21 heavy (non-hydrogen) atoms. The molecule has 2 rings (SSSR count). The monoisotopic (exact) mass is 368 g/mol. The Balaban J connectivity index is -0.000000276.